The van der Waals surface area contributed by atoms with E-state index in [1.165, 1.54) is 126 Å². The lowest BCUT2D eigenvalue weighted by Gasteiger charge is -2.47. The van der Waals surface area contributed by atoms with Crippen LogP contribution >= 0.6 is 0 Å². The van der Waals surface area contributed by atoms with Gasteiger partial charge in [0.2, 0.25) is 0 Å². The molecular weight excluding hydrogens is 739 g/mol. The molecule has 4 heterocycles. The van der Waals surface area contributed by atoms with Crippen LogP contribution in [0, 0.1) is 6.92 Å². The third-order valence-electron chi connectivity index (χ3n) is 16.3. The summed E-state index contributed by atoms with van der Waals surface area (Å²) in [5.41, 5.74) is 24.2. The maximum Gasteiger partial charge on any atom is 0.252 e. The van der Waals surface area contributed by atoms with Crippen molar-refractivity contribution in [3.05, 3.63) is 112 Å². The maximum atomic E-state index is 6.98. The lowest BCUT2D eigenvalue weighted by Crippen LogP contribution is -2.61. The number of hydrogen-bond donors (Lipinski definition) is 0. The largest absolute Gasteiger partial charge is 0.454 e. The van der Waals surface area contributed by atoms with E-state index in [2.05, 4.69) is 186 Å². The number of aromatic nitrogens is 1. The van der Waals surface area contributed by atoms with E-state index in [1.807, 2.05) is 0 Å². The van der Waals surface area contributed by atoms with E-state index in [4.69, 9.17) is 4.42 Å². The zero-order valence-corrected chi connectivity index (χ0v) is 39.6. The fourth-order valence-electron chi connectivity index (χ4n) is 12.1. The van der Waals surface area contributed by atoms with Gasteiger partial charge in [0, 0.05) is 33.5 Å². The average Bonchev–Trinajstić information content (AvgIpc) is 3.71. The molecule has 0 bridgehead atoms. The minimum absolute atomic E-state index is 0.0484. The second kappa shape index (κ2) is 11.9. The molecule has 0 N–H and O–H groups in total. The lowest BCUT2D eigenvalue weighted by molar-refractivity contribution is 0.331. The topological polar surface area (TPSA) is 21.3 Å². The van der Waals surface area contributed by atoms with Gasteiger partial charge in [-0.05, 0) is 163 Å². The van der Waals surface area contributed by atoms with Gasteiger partial charge in [0.05, 0.1) is 5.52 Å². The zero-order chi connectivity index (χ0) is 43.3. The van der Waals surface area contributed by atoms with Crippen molar-refractivity contribution in [2.24, 2.45) is 0 Å². The Labute approximate surface area is 365 Å². The fraction of sp³-hybridized carbons (Fsp3) is 0.439. The van der Waals surface area contributed by atoms with E-state index in [0.717, 1.165) is 11.2 Å². The van der Waals surface area contributed by atoms with Crippen LogP contribution in [0.3, 0.4) is 0 Å². The Morgan fingerprint density at radius 2 is 1.05 bits per heavy atom. The predicted octanol–water partition coefficient (Wildman–Crippen LogP) is 13.7. The van der Waals surface area contributed by atoms with Gasteiger partial charge in [-0.3, -0.25) is 0 Å². The number of rotatable bonds is 1. The Morgan fingerprint density at radius 1 is 0.525 bits per heavy atom. The summed E-state index contributed by atoms with van der Waals surface area (Å²) in [5, 5.41) is 2.40. The van der Waals surface area contributed by atoms with Crippen molar-refractivity contribution in [1.29, 1.82) is 0 Å². The Balaban J connectivity index is 1.36. The molecule has 3 nitrogen and oxygen atoms in total. The van der Waals surface area contributed by atoms with Crippen molar-refractivity contribution in [2.75, 3.05) is 4.90 Å². The second-order valence-electron chi connectivity index (χ2n) is 24.4. The third-order valence-corrected chi connectivity index (χ3v) is 16.3. The van der Waals surface area contributed by atoms with Crippen LogP contribution < -0.4 is 21.3 Å². The number of furan rings is 1. The quantitative estimate of drug-likeness (QED) is 0.154. The summed E-state index contributed by atoms with van der Waals surface area (Å²) in [7, 11) is 0. The van der Waals surface area contributed by atoms with E-state index < -0.39 is 0 Å². The monoisotopic (exact) mass is 805 g/mol. The molecule has 0 amide bonds. The molecule has 0 radical (unpaired) electrons. The van der Waals surface area contributed by atoms with Crippen molar-refractivity contribution in [2.45, 2.75) is 162 Å². The molecule has 7 aromatic rings. The Morgan fingerprint density at radius 3 is 1.66 bits per heavy atom. The van der Waals surface area contributed by atoms with Crippen molar-refractivity contribution in [3.8, 4) is 5.69 Å². The van der Waals surface area contributed by atoms with Gasteiger partial charge >= 0.3 is 0 Å². The van der Waals surface area contributed by atoms with Crippen LogP contribution in [0.15, 0.2) is 77.2 Å². The van der Waals surface area contributed by atoms with Crippen LogP contribution in [-0.2, 0) is 32.5 Å². The summed E-state index contributed by atoms with van der Waals surface area (Å²) in [4.78, 5) is 2.75. The first-order chi connectivity index (χ1) is 28.4. The number of aryl methyl sites for hydroxylation is 1. The summed E-state index contributed by atoms with van der Waals surface area (Å²) < 4.78 is 9.61. The first-order valence-electron chi connectivity index (χ1n) is 23.2. The molecule has 4 aliphatic rings. The lowest BCUT2D eigenvalue weighted by atomic mass is 9.33. The minimum atomic E-state index is -0.0913. The van der Waals surface area contributed by atoms with Crippen LogP contribution in [0.4, 0.5) is 17.1 Å². The summed E-state index contributed by atoms with van der Waals surface area (Å²) >= 11 is 0. The molecule has 0 atom stereocenters. The van der Waals surface area contributed by atoms with Crippen molar-refractivity contribution in [3.63, 3.8) is 0 Å². The second-order valence-corrected chi connectivity index (χ2v) is 24.4. The van der Waals surface area contributed by atoms with Gasteiger partial charge in [-0.1, -0.05) is 127 Å². The normalized spacial score (nSPS) is 19.3. The van der Waals surface area contributed by atoms with Gasteiger partial charge < -0.3 is 13.9 Å². The summed E-state index contributed by atoms with van der Waals surface area (Å²) in [6.45, 7) is 36.5. The third kappa shape index (κ3) is 5.29. The van der Waals surface area contributed by atoms with Gasteiger partial charge in [0.15, 0.2) is 5.58 Å². The first kappa shape index (κ1) is 39.2. The number of nitrogens with zero attached hydrogens (tertiary/aromatic N) is 2. The van der Waals surface area contributed by atoms with Gasteiger partial charge in [0.25, 0.3) is 6.71 Å². The van der Waals surface area contributed by atoms with E-state index in [9.17, 15) is 0 Å². The Kier molecular flexibility index (Phi) is 7.61. The van der Waals surface area contributed by atoms with Gasteiger partial charge in [-0.15, -0.1) is 0 Å². The first-order valence-corrected chi connectivity index (χ1v) is 23.2. The van der Waals surface area contributed by atoms with E-state index in [1.54, 1.807) is 0 Å². The molecule has 2 aliphatic carbocycles. The van der Waals surface area contributed by atoms with Crippen LogP contribution in [0.25, 0.3) is 38.7 Å². The molecule has 2 aromatic heterocycles. The van der Waals surface area contributed by atoms with Gasteiger partial charge in [-0.25, -0.2) is 0 Å². The number of fused-ring (bicyclic) bond motifs is 11. The van der Waals surface area contributed by atoms with Crippen LogP contribution in [0.2, 0.25) is 0 Å². The van der Waals surface area contributed by atoms with Crippen molar-refractivity contribution >= 4 is 73.1 Å². The number of hydrogen-bond acceptors (Lipinski definition) is 2. The van der Waals surface area contributed by atoms with E-state index in [0.29, 0.717) is 0 Å². The predicted molar refractivity (Wildman–Crippen MR) is 263 cm³/mol. The van der Waals surface area contributed by atoms with E-state index in [-0.39, 0.29) is 39.2 Å². The molecule has 61 heavy (non-hydrogen) atoms. The highest BCUT2D eigenvalue weighted by atomic mass is 16.3. The highest BCUT2D eigenvalue weighted by Crippen LogP contribution is 2.53. The average molecular weight is 805 g/mol. The van der Waals surface area contributed by atoms with Gasteiger partial charge in [0.1, 0.15) is 11.1 Å². The molecule has 312 valence electrons. The highest BCUT2D eigenvalue weighted by Gasteiger charge is 2.48. The summed E-state index contributed by atoms with van der Waals surface area (Å²) in [6.07, 6.45) is 4.75. The van der Waals surface area contributed by atoms with Crippen LogP contribution in [-0.4, -0.2) is 11.3 Å². The molecule has 0 saturated carbocycles. The number of para-hydroxylation sites is 1. The molecule has 0 saturated heterocycles. The molecule has 2 aliphatic heterocycles. The maximum absolute atomic E-state index is 6.98. The molecule has 11 rings (SSSR count). The van der Waals surface area contributed by atoms with E-state index >= 15 is 0 Å². The molecule has 0 unspecified atom stereocenters. The highest BCUT2D eigenvalue weighted by molar-refractivity contribution is 7.00. The van der Waals surface area contributed by atoms with Crippen LogP contribution in [0.5, 0.6) is 0 Å². The van der Waals surface area contributed by atoms with Gasteiger partial charge in [-0.2, -0.15) is 0 Å². The molecule has 4 heteroatoms. The number of anilines is 3. The Bertz CT molecular complexity index is 3070. The molecular formula is C57H65BN2O. The molecule has 5 aromatic carbocycles. The SMILES string of the molecule is Cc1cc2c(cc1N1c3cc4c(cc3B3c5c1cc(C(C)(C)C)cc5-n1c5c3cc(C(C)(C)C)cc5c3oc5ccccc5c31)C(C)(C)CCC4(C)C)C(C)(C)CCC2(C)C. The number of benzene rings is 5. The smallest absolute Gasteiger partial charge is 0.252 e. The van der Waals surface area contributed by atoms with Crippen LogP contribution in [0.1, 0.15) is 162 Å². The standard InChI is InChI=1S/C57H65BN2O/c1-32-24-37-39(56(12,13)22-20-54(37,8)9)30-43(32)59-44-31-40-38(55(10,11)21-23-57(40,14)15)29-41(44)58-42-26-33(52(2,3)4)25-36-49(42)60(50-35-18-16-17-19-47(35)61-51(36)50)46-28-34(53(5,6)7)27-45(59)48(46)58/h16-19,24-31H,20-23H2,1-15H3. The zero-order valence-electron chi connectivity index (χ0n) is 39.6. The summed E-state index contributed by atoms with van der Waals surface area (Å²) in [5.74, 6) is 0. The molecule has 0 spiro atoms. The Hall–Kier alpha value is -4.70. The fourth-order valence-corrected chi connectivity index (χ4v) is 12.1. The minimum Gasteiger partial charge on any atom is -0.454 e. The van der Waals surface area contributed by atoms with Crippen molar-refractivity contribution in [1.82, 2.24) is 4.57 Å². The van der Waals surface area contributed by atoms with Crippen molar-refractivity contribution < 1.29 is 4.42 Å². The summed E-state index contributed by atoms with van der Waals surface area (Å²) in [6, 6.07) is 29.4. The molecule has 0 fully saturated rings.